The Morgan fingerprint density at radius 1 is 1.29 bits per heavy atom. The maximum Gasteiger partial charge on any atom is 0.240 e. The summed E-state index contributed by atoms with van der Waals surface area (Å²) in [5.74, 6) is 0.490. The molecule has 0 atom stereocenters. The monoisotopic (exact) mass is 374 g/mol. The summed E-state index contributed by atoms with van der Waals surface area (Å²) in [6, 6.07) is 3.72. The first kappa shape index (κ1) is 16.9. The van der Waals surface area contributed by atoms with Crippen molar-refractivity contribution in [1.29, 1.82) is 0 Å². The molecule has 21 heavy (non-hydrogen) atoms. The van der Waals surface area contributed by atoms with E-state index in [-0.39, 0.29) is 0 Å². The van der Waals surface area contributed by atoms with Crippen LogP contribution in [-0.2, 0) is 16.6 Å². The zero-order valence-electron chi connectivity index (χ0n) is 12.6. The lowest BCUT2D eigenvalue weighted by molar-refractivity contribution is 0.519. The molecule has 1 aliphatic rings. The molecule has 4 nitrogen and oxygen atoms in total. The molecule has 2 rings (SSSR count). The first-order chi connectivity index (χ1) is 9.94. The number of halogens is 1. The van der Waals surface area contributed by atoms with Crippen molar-refractivity contribution >= 4 is 26.0 Å². The fourth-order valence-electron chi connectivity index (χ4n) is 2.81. The summed E-state index contributed by atoms with van der Waals surface area (Å²) in [6.07, 6.45) is 4.69. The highest BCUT2D eigenvalue weighted by molar-refractivity contribution is 9.10. The van der Waals surface area contributed by atoms with E-state index in [9.17, 15) is 8.42 Å². The number of hydrogen-bond donors (Lipinski definition) is 2. The molecule has 2 N–H and O–H groups in total. The van der Waals surface area contributed by atoms with Crippen LogP contribution in [-0.4, -0.2) is 22.0 Å². The van der Waals surface area contributed by atoms with Crippen molar-refractivity contribution in [2.45, 2.75) is 44.0 Å². The zero-order chi connectivity index (χ0) is 15.5. The largest absolute Gasteiger partial charge is 0.316 e. The number of sulfonamides is 1. The molecule has 6 heteroatoms. The molecule has 0 unspecified atom stereocenters. The van der Waals surface area contributed by atoms with Gasteiger partial charge in [-0.15, -0.1) is 0 Å². The average molecular weight is 375 g/mol. The third-order valence-electron chi connectivity index (χ3n) is 4.06. The van der Waals surface area contributed by atoms with Crippen molar-refractivity contribution in [2.24, 2.45) is 5.92 Å². The number of benzene rings is 1. The van der Waals surface area contributed by atoms with Crippen LogP contribution < -0.4 is 10.0 Å². The predicted octanol–water partition coefficient (Wildman–Crippen LogP) is 2.95. The highest BCUT2D eigenvalue weighted by Gasteiger charge is 2.22. The summed E-state index contributed by atoms with van der Waals surface area (Å²) in [5, 5.41) is 3.05. The maximum absolute atomic E-state index is 12.6. The minimum absolute atomic E-state index is 0.375. The van der Waals surface area contributed by atoms with Crippen LogP contribution in [0.2, 0.25) is 0 Å². The van der Waals surface area contributed by atoms with Gasteiger partial charge in [-0.3, -0.25) is 0 Å². The van der Waals surface area contributed by atoms with Gasteiger partial charge in [-0.05, 0) is 56.0 Å². The Kier molecular flexibility index (Phi) is 5.82. The molecule has 0 aliphatic heterocycles. The minimum atomic E-state index is -3.45. The zero-order valence-corrected chi connectivity index (χ0v) is 15.0. The van der Waals surface area contributed by atoms with Crippen LogP contribution in [0.5, 0.6) is 0 Å². The first-order valence-electron chi connectivity index (χ1n) is 7.37. The SMILES string of the molecule is CNCc1cc(Br)c(C)c(S(=O)(=O)NCC2CCCC2)c1. The molecule has 1 saturated carbocycles. The smallest absolute Gasteiger partial charge is 0.240 e. The summed E-state index contributed by atoms with van der Waals surface area (Å²) in [4.78, 5) is 0.375. The number of hydrogen-bond acceptors (Lipinski definition) is 3. The van der Waals surface area contributed by atoms with Crippen molar-refractivity contribution in [3.8, 4) is 0 Å². The molecule has 0 amide bonds. The molecule has 118 valence electrons. The van der Waals surface area contributed by atoms with Gasteiger partial charge in [0, 0.05) is 17.6 Å². The van der Waals surface area contributed by atoms with Crippen LogP contribution in [0.15, 0.2) is 21.5 Å². The van der Waals surface area contributed by atoms with Crippen LogP contribution in [0, 0.1) is 12.8 Å². The van der Waals surface area contributed by atoms with Crippen LogP contribution in [0.3, 0.4) is 0 Å². The van der Waals surface area contributed by atoms with E-state index in [1.807, 2.05) is 20.0 Å². The van der Waals surface area contributed by atoms with Crippen molar-refractivity contribution in [3.05, 3.63) is 27.7 Å². The average Bonchev–Trinajstić information content (AvgIpc) is 2.94. The van der Waals surface area contributed by atoms with E-state index < -0.39 is 10.0 Å². The highest BCUT2D eigenvalue weighted by atomic mass is 79.9. The van der Waals surface area contributed by atoms with Crippen LogP contribution in [0.25, 0.3) is 0 Å². The summed E-state index contributed by atoms with van der Waals surface area (Å²) in [7, 11) is -1.60. The summed E-state index contributed by atoms with van der Waals surface area (Å²) in [5.41, 5.74) is 1.71. The molecule has 0 saturated heterocycles. The Bertz CT molecular complexity index is 596. The van der Waals surface area contributed by atoms with Gasteiger partial charge in [0.15, 0.2) is 0 Å². The van der Waals surface area contributed by atoms with Crippen LogP contribution in [0.1, 0.15) is 36.8 Å². The van der Waals surface area contributed by atoms with Crippen molar-refractivity contribution < 1.29 is 8.42 Å². The van der Waals surface area contributed by atoms with Gasteiger partial charge >= 0.3 is 0 Å². The van der Waals surface area contributed by atoms with Crippen molar-refractivity contribution in [3.63, 3.8) is 0 Å². The number of rotatable bonds is 6. The second kappa shape index (κ2) is 7.22. The fraction of sp³-hybridized carbons (Fsp3) is 0.600. The summed E-state index contributed by atoms with van der Waals surface area (Å²) >= 11 is 3.46. The van der Waals surface area contributed by atoms with Gasteiger partial charge in [-0.2, -0.15) is 0 Å². The van der Waals surface area contributed by atoms with Gasteiger partial charge < -0.3 is 5.32 Å². The molecule has 0 aromatic heterocycles. The summed E-state index contributed by atoms with van der Waals surface area (Å²) < 4.78 is 28.7. The Hall–Kier alpha value is -0.430. The molecule has 1 aromatic carbocycles. The van der Waals surface area contributed by atoms with Gasteiger partial charge in [0.1, 0.15) is 0 Å². The van der Waals surface area contributed by atoms with E-state index in [1.165, 1.54) is 12.8 Å². The fourth-order valence-corrected chi connectivity index (χ4v) is 4.88. The lowest BCUT2D eigenvalue weighted by atomic mass is 10.1. The molecule has 0 radical (unpaired) electrons. The third kappa shape index (κ3) is 4.28. The second-order valence-electron chi connectivity index (χ2n) is 5.73. The van der Waals surface area contributed by atoms with E-state index >= 15 is 0 Å². The Labute approximate surface area is 135 Å². The Morgan fingerprint density at radius 3 is 2.57 bits per heavy atom. The van der Waals surface area contributed by atoms with Gasteiger partial charge in [0.25, 0.3) is 0 Å². The standard InChI is InChI=1S/C15H23BrN2O2S/c1-11-14(16)7-13(9-17-2)8-15(11)21(19,20)18-10-12-5-3-4-6-12/h7-8,12,17-18H,3-6,9-10H2,1-2H3. The Morgan fingerprint density at radius 2 is 1.95 bits per heavy atom. The van der Waals surface area contributed by atoms with Crippen molar-refractivity contribution in [2.75, 3.05) is 13.6 Å². The molecule has 0 bridgehead atoms. The third-order valence-corrected chi connectivity index (χ3v) is 6.44. The topological polar surface area (TPSA) is 58.2 Å². The minimum Gasteiger partial charge on any atom is -0.316 e. The quantitative estimate of drug-likeness (QED) is 0.804. The molecular formula is C15H23BrN2O2S. The van der Waals surface area contributed by atoms with Gasteiger partial charge in [-0.1, -0.05) is 28.8 Å². The lowest BCUT2D eigenvalue weighted by Gasteiger charge is -2.15. The van der Waals surface area contributed by atoms with E-state index in [0.29, 0.717) is 23.9 Å². The van der Waals surface area contributed by atoms with Gasteiger partial charge in [-0.25, -0.2) is 13.1 Å². The van der Waals surface area contributed by atoms with E-state index in [2.05, 4.69) is 26.0 Å². The van der Waals surface area contributed by atoms with Gasteiger partial charge in [0.05, 0.1) is 4.90 Å². The first-order valence-corrected chi connectivity index (χ1v) is 9.65. The molecule has 0 heterocycles. The lowest BCUT2D eigenvalue weighted by Crippen LogP contribution is -2.29. The van der Waals surface area contributed by atoms with E-state index in [0.717, 1.165) is 28.4 Å². The number of nitrogens with one attached hydrogen (secondary N) is 2. The van der Waals surface area contributed by atoms with Crippen LogP contribution in [0.4, 0.5) is 0 Å². The maximum atomic E-state index is 12.6. The molecule has 1 aromatic rings. The van der Waals surface area contributed by atoms with Crippen LogP contribution >= 0.6 is 15.9 Å². The molecular weight excluding hydrogens is 352 g/mol. The second-order valence-corrected chi connectivity index (χ2v) is 8.32. The Balaban J connectivity index is 2.21. The normalized spacial score (nSPS) is 16.5. The highest BCUT2D eigenvalue weighted by Crippen LogP contribution is 2.27. The predicted molar refractivity (Wildman–Crippen MR) is 88.8 cm³/mol. The van der Waals surface area contributed by atoms with Gasteiger partial charge in [0.2, 0.25) is 10.0 Å². The molecule has 1 fully saturated rings. The molecule has 0 spiro atoms. The van der Waals surface area contributed by atoms with E-state index in [1.54, 1.807) is 6.07 Å². The molecule has 1 aliphatic carbocycles. The summed E-state index contributed by atoms with van der Waals surface area (Å²) in [6.45, 7) is 3.02. The van der Waals surface area contributed by atoms with Crippen molar-refractivity contribution in [1.82, 2.24) is 10.0 Å². The van der Waals surface area contributed by atoms with E-state index in [4.69, 9.17) is 0 Å².